The van der Waals surface area contributed by atoms with Crippen molar-refractivity contribution in [2.24, 2.45) is 11.3 Å². The van der Waals surface area contributed by atoms with E-state index in [-0.39, 0.29) is 49.3 Å². The van der Waals surface area contributed by atoms with Crippen molar-refractivity contribution in [1.29, 1.82) is 0 Å². The predicted molar refractivity (Wildman–Crippen MR) is 213 cm³/mol. The van der Waals surface area contributed by atoms with E-state index in [4.69, 9.17) is 14.2 Å². The van der Waals surface area contributed by atoms with E-state index in [0.717, 1.165) is 17.5 Å². The molecule has 0 saturated heterocycles. The summed E-state index contributed by atoms with van der Waals surface area (Å²) in [6, 6.07) is 15.1. The molecule has 2 aromatic carbocycles. The molecular formula is C42H62N6O7. The first-order chi connectivity index (χ1) is 25.9. The quantitative estimate of drug-likeness (QED) is 0.117. The molecule has 3 aromatic rings. The molecule has 1 aromatic heterocycles. The second-order valence-corrected chi connectivity index (χ2v) is 16.7. The minimum atomic E-state index is -1.14. The molecule has 1 aliphatic rings. The van der Waals surface area contributed by atoms with Crippen molar-refractivity contribution in [1.82, 2.24) is 25.6 Å². The number of anilines is 1. The fourth-order valence-electron chi connectivity index (χ4n) is 6.88. The molecule has 13 nitrogen and oxygen atoms in total. The van der Waals surface area contributed by atoms with Crippen LogP contribution in [0.15, 0.2) is 48.5 Å². The van der Waals surface area contributed by atoms with Gasteiger partial charge in [0.2, 0.25) is 17.7 Å². The van der Waals surface area contributed by atoms with Crippen molar-refractivity contribution >= 4 is 23.4 Å². The van der Waals surface area contributed by atoms with Gasteiger partial charge < -0.3 is 34.9 Å². The van der Waals surface area contributed by atoms with E-state index in [1.54, 1.807) is 12.0 Å². The van der Waals surface area contributed by atoms with E-state index in [2.05, 4.69) is 48.6 Å². The molecule has 0 bridgehead atoms. The summed E-state index contributed by atoms with van der Waals surface area (Å²) in [4.78, 5) is 41.8. The number of fused-ring (bicyclic) bond motifs is 5. The summed E-state index contributed by atoms with van der Waals surface area (Å²) in [5.74, 6) is 0.0393. The van der Waals surface area contributed by atoms with Crippen molar-refractivity contribution in [3.63, 3.8) is 0 Å². The second-order valence-electron chi connectivity index (χ2n) is 16.7. The van der Waals surface area contributed by atoms with Gasteiger partial charge in [-0.15, -0.1) is 5.10 Å². The Morgan fingerprint density at radius 2 is 1.60 bits per heavy atom. The number of rotatable bonds is 20. The van der Waals surface area contributed by atoms with Crippen LogP contribution in [0.4, 0.5) is 5.69 Å². The number of carbonyl (C=O) groups excluding carboxylic acids is 3. The Hall–Kier alpha value is -4.17. The Morgan fingerprint density at radius 1 is 0.909 bits per heavy atom. The molecule has 4 rings (SSSR count). The normalized spacial score (nSPS) is 13.7. The number of aliphatic hydroxyl groups is 1. The van der Waals surface area contributed by atoms with Crippen LogP contribution in [0.2, 0.25) is 0 Å². The lowest BCUT2D eigenvalue weighted by molar-refractivity contribution is -0.133. The first-order valence-electron chi connectivity index (χ1n) is 19.4. The lowest BCUT2D eigenvalue weighted by atomic mass is 9.85. The zero-order valence-electron chi connectivity index (χ0n) is 34.2. The van der Waals surface area contributed by atoms with Gasteiger partial charge in [0, 0.05) is 55.2 Å². The molecule has 0 fully saturated rings. The molecule has 0 saturated carbocycles. The molecule has 2 heterocycles. The van der Waals surface area contributed by atoms with Gasteiger partial charge in [-0.1, -0.05) is 75.4 Å². The molecule has 0 spiro atoms. The minimum absolute atomic E-state index is 0.00627. The third-order valence-corrected chi connectivity index (χ3v) is 9.85. The Kier molecular flexibility index (Phi) is 15.1. The van der Waals surface area contributed by atoms with Crippen molar-refractivity contribution in [2.75, 3.05) is 45.0 Å². The number of nitrogens with one attached hydrogen (secondary N) is 2. The SMILES string of the molecule is COCCOCC(O)n1nnc2c1-c1ccccc1N(C(=O)CCC(=O)NCCC(C)(C)OCCC(C)(C)C(=O)NC(C)(C)CC(C)C)Cc1ccccc1-2. The van der Waals surface area contributed by atoms with Gasteiger partial charge in [-0.2, -0.15) is 0 Å². The summed E-state index contributed by atoms with van der Waals surface area (Å²) in [6.45, 7) is 17.9. The van der Waals surface area contributed by atoms with Crippen molar-refractivity contribution in [3.8, 4) is 22.5 Å². The third-order valence-electron chi connectivity index (χ3n) is 9.85. The summed E-state index contributed by atoms with van der Waals surface area (Å²) in [7, 11) is 1.58. The van der Waals surface area contributed by atoms with Crippen LogP contribution >= 0.6 is 0 Å². The number of aromatic nitrogens is 3. The van der Waals surface area contributed by atoms with Crippen LogP contribution < -0.4 is 15.5 Å². The molecule has 3 amide bonds. The first-order valence-corrected chi connectivity index (χ1v) is 19.4. The highest BCUT2D eigenvalue weighted by Crippen LogP contribution is 2.42. The predicted octanol–water partition coefficient (Wildman–Crippen LogP) is 6.05. The van der Waals surface area contributed by atoms with E-state index in [1.165, 1.54) is 4.68 Å². The number of nitrogens with zero attached hydrogens (tertiary/aromatic N) is 4. The molecule has 3 N–H and O–H groups in total. The Balaban J connectivity index is 1.36. The molecule has 13 heteroatoms. The van der Waals surface area contributed by atoms with Crippen molar-refractivity contribution in [3.05, 3.63) is 54.1 Å². The maximum Gasteiger partial charge on any atom is 0.227 e. The summed E-state index contributed by atoms with van der Waals surface area (Å²) in [6.07, 6.45) is 0.880. The van der Waals surface area contributed by atoms with Gasteiger partial charge in [0.15, 0.2) is 6.23 Å². The molecule has 1 atom stereocenters. The van der Waals surface area contributed by atoms with Gasteiger partial charge in [-0.3, -0.25) is 14.4 Å². The highest BCUT2D eigenvalue weighted by atomic mass is 16.5. The number of hydrogen-bond acceptors (Lipinski definition) is 9. The van der Waals surface area contributed by atoms with Crippen LogP contribution in [0.3, 0.4) is 0 Å². The van der Waals surface area contributed by atoms with Crippen LogP contribution in [0, 0.1) is 11.3 Å². The zero-order chi connectivity index (χ0) is 40.4. The fraction of sp³-hybridized carbons (Fsp3) is 0.595. The smallest absolute Gasteiger partial charge is 0.227 e. The number of ether oxygens (including phenoxy) is 3. The Bertz CT molecular complexity index is 1750. The third kappa shape index (κ3) is 12.2. The standard InChI is InChI=1S/C42H62N6O7/c1-29(2)26-41(5,6)44-39(52)40(3,4)21-23-55-42(7,8)20-22-43-34(49)18-19-35(50)47-27-30-14-10-11-15-31(30)37-38(32-16-12-13-17-33(32)47)48(46-45-37)36(51)28-54-25-24-53-9/h10-17,29,36,51H,18-28H2,1-9H3,(H,43,49)(H,44,52). The molecule has 302 valence electrons. The lowest BCUT2D eigenvalue weighted by Gasteiger charge is -2.34. The summed E-state index contributed by atoms with van der Waals surface area (Å²) < 4.78 is 18.3. The van der Waals surface area contributed by atoms with Crippen molar-refractivity contribution < 1.29 is 33.7 Å². The van der Waals surface area contributed by atoms with E-state index in [1.807, 2.05) is 76.2 Å². The maximum absolute atomic E-state index is 14.0. The van der Waals surface area contributed by atoms with Gasteiger partial charge in [0.05, 0.1) is 37.7 Å². The molecule has 1 unspecified atom stereocenters. The van der Waals surface area contributed by atoms with Gasteiger partial charge in [-0.05, 0) is 64.5 Å². The molecular weight excluding hydrogens is 700 g/mol. The summed E-state index contributed by atoms with van der Waals surface area (Å²) in [5.41, 5.74) is 2.68. The average Bonchev–Trinajstić information content (AvgIpc) is 3.54. The van der Waals surface area contributed by atoms with Crippen molar-refractivity contribution in [2.45, 2.75) is 111 Å². The van der Waals surface area contributed by atoms with Gasteiger partial charge in [0.25, 0.3) is 0 Å². The van der Waals surface area contributed by atoms with Crippen LogP contribution in [0.5, 0.6) is 0 Å². The Labute approximate surface area is 326 Å². The van der Waals surface area contributed by atoms with Crippen LogP contribution in [0.25, 0.3) is 22.5 Å². The van der Waals surface area contributed by atoms with Crippen LogP contribution in [0.1, 0.15) is 99.3 Å². The number of hydrogen-bond donors (Lipinski definition) is 3. The fourth-order valence-corrected chi connectivity index (χ4v) is 6.88. The highest BCUT2D eigenvalue weighted by molar-refractivity contribution is 6.01. The molecule has 55 heavy (non-hydrogen) atoms. The highest BCUT2D eigenvalue weighted by Gasteiger charge is 2.34. The van der Waals surface area contributed by atoms with Gasteiger partial charge in [0.1, 0.15) is 11.4 Å². The zero-order valence-corrected chi connectivity index (χ0v) is 34.2. The summed E-state index contributed by atoms with van der Waals surface area (Å²) in [5, 5.41) is 26.1. The van der Waals surface area contributed by atoms with E-state index < -0.39 is 17.2 Å². The minimum Gasteiger partial charge on any atom is -0.382 e. The topological polar surface area (TPSA) is 157 Å². The second kappa shape index (κ2) is 19.1. The van der Waals surface area contributed by atoms with E-state index in [9.17, 15) is 19.5 Å². The number of carbonyl (C=O) groups is 3. The van der Waals surface area contributed by atoms with Gasteiger partial charge in [-0.25, -0.2) is 4.68 Å². The van der Waals surface area contributed by atoms with E-state index >= 15 is 0 Å². The first kappa shape index (κ1) is 43.6. The Morgan fingerprint density at radius 3 is 2.31 bits per heavy atom. The number of aliphatic hydroxyl groups excluding tert-OH is 1. The maximum atomic E-state index is 14.0. The van der Waals surface area contributed by atoms with Gasteiger partial charge >= 0.3 is 0 Å². The van der Waals surface area contributed by atoms with Crippen LogP contribution in [-0.2, 0) is 35.1 Å². The monoisotopic (exact) mass is 762 g/mol. The molecule has 1 aliphatic heterocycles. The number of benzene rings is 2. The largest absolute Gasteiger partial charge is 0.382 e. The van der Waals surface area contributed by atoms with E-state index in [0.29, 0.717) is 67.8 Å². The summed E-state index contributed by atoms with van der Waals surface area (Å²) >= 11 is 0. The average molecular weight is 763 g/mol. The van der Waals surface area contributed by atoms with Crippen LogP contribution in [-0.4, -0.2) is 89.0 Å². The molecule has 0 aliphatic carbocycles. The lowest BCUT2D eigenvalue weighted by Crippen LogP contribution is -2.49. The number of para-hydroxylation sites is 1. The number of amides is 3. The number of methoxy groups -OCH3 is 1. The molecule has 0 radical (unpaired) electrons.